The van der Waals surface area contributed by atoms with Crippen molar-refractivity contribution in [2.24, 2.45) is 12.0 Å². The average Bonchev–Trinajstić information content (AvgIpc) is 3.12. The maximum Gasteiger partial charge on any atom is 0.193 e. The minimum absolute atomic E-state index is 0. The van der Waals surface area contributed by atoms with E-state index in [1.807, 2.05) is 11.7 Å². The van der Waals surface area contributed by atoms with Gasteiger partial charge in [0.15, 0.2) is 5.96 Å². The van der Waals surface area contributed by atoms with Crippen LogP contribution in [0.2, 0.25) is 0 Å². The molecule has 31 heavy (non-hydrogen) atoms. The monoisotopic (exact) mass is 539 g/mol. The lowest BCUT2D eigenvalue weighted by Crippen LogP contribution is -2.41. The Hall–Kier alpha value is -1.61. The van der Waals surface area contributed by atoms with Crippen LogP contribution in [0.3, 0.4) is 0 Å². The summed E-state index contributed by atoms with van der Waals surface area (Å²) < 4.78 is 7.59. The first-order chi connectivity index (χ1) is 14.4. The summed E-state index contributed by atoms with van der Waals surface area (Å²) in [6.45, 7) is 10.5. The standard InChI is InChI=1S/C24H37N5O.HI/c1-6-25-23(28(4)16-20-17-29(5)27-22(20)19(2)3)26-18-24(12-14-30-15-13-24)21-10-8-7-9-11-21;/h7-11,17,19H,6,12-16,18H2,1-5H3,(H,25,26);1H. The molecule has 6 nitrogen and oxygen atoms in total. The molecule has 7 heteroatoms. The van der Waals surface area contributed by atoms with E-state index in [0.717, 1.165) is 57.3 Å². The van der Waals surface area contributed by atoms with Crippen LogP contribution < -0.4 is 5.32 Å². The number of halogens is 1. The lowest BCUT2D eigenvalue weighted by Gasteiger charge is -2.37. The molecule has 1 aliphatic heterocycles. The van der Waals surface area contributed by atoms with Gasteiger partial charge in [0, 0.05) is 57.6 Å². The molecule has 2 heterocycles. The first-order valence-electron chi connectivity index (χ1n) is 11.1. The summed E-state index contributed by atoms with van der Waals surface area (Å²) in [5.41, 5.74) is 3.82. The number of nitrogens with zero attached hydrogens (tertiary/aromatic N) is 4. The molecule has 172 valence electrons. The van der Waals surface area contributed by atoms with Gasteiger partial charge in [0.05, 0.1) is 12.2 Å². The van der Waals surface area contributed by atoms with E-state index < -0.39 is 0 Å². The average molecular weight is 540 g/mol. The molecule has 1 aromatic carbocycles. The van der Waals surface area contributed by atoms with Crippen LogP contribution in [-0.4, -0.2) is 54.0 Å². The number of aromatic nitrogens is 2. The van der Waals surface area contributed by atoms with Crippen molar-refractivity contribution in [3.05, 3.63) is 53.3 Å². The highest BCUT2D eigenvalue weighted by molar-refractivity contribution is 14.0. The maximum atomic E-state index is 5.68. The molecular weight excluding hydrogens is 501 g/mol. The first-order valence-corrected chi connectivity index (χ1v) is 11.1. The minimum atomic E-state index is 0. The Balaban J connectivity index is 0.00000341. The fourth-order valence-corrected chi connectivity index (χ4v) is 4.28. The Morgan fingerprint density at radius 2 is 1.94 bits per heavy atom. The quantitative estimate of drug-likeness (QED) is 0.324. The van der Waals surface area contributed by atoms with Gasteiger partial charge >= 0.3 is 0 Å². The molecule has 0 spiro atoms. The van der Waals surface area contributed by atoms with Gasteiger partial charge < -0.3 is 15.0 Å². The molecule has 3 rings (SSSR count). The second kappa shape index (κ2) is 11.9. The van der Waals surface area contributed by atoms with Crippen molar-refractivity contribution in [3.8, 4) is 0 Å². The van der Waals surface area contributed by atoms with E-state index in [-0.39, 0.29) is 29.4 Å². The number of aliphatic imine (C=N–C) groups is 1. The van der Waals surface area contributed by atoms with E-state index in [4.69, 9.17) is 9.73 Å². The topological polar surface area (TPSA) is 54.7 Å². The molecule has 0 saturated carbocycles. The summed E-state index contributed by atoms with van der Waals surface area (Å²) in [6, 6.07) is 10.8. The Morgan fingerprint density at radius 1 is 1.26 bits per heavy atom. The van der Waals surface area contributed by atoms with Gasteiger partial charge in [0.2, 0.25) is 0 Å². The first kappa shape index (κ1) is 25.6. The number of hydrogen-bond acceptors (Lipinski definition) is 3. The summed E-state index contributed by atoms with van der Waals surface area (Å²) in [5, 5.41) is 8.14. The molecule has 0 amide bonds. The lowest BCUT2D eigenvalue weighted by atomic mass is 9.74. The Bertz CT molecular complexity index is 828. The van der Waals surface area contributed by atoms with E-state index >= 15 is 0 Å². The number of hydrogen-bond donors (Lipinski definition) is 1. The zero-order chi connectivity index (χ0) is 21.6. The van der Waals surface area contributed by atoms with Crippen molar-refractivity contribution in [3.63, 3.8) is 0 Å². The Morgan fingerprint density at radius 3 is 2.55 bits per heavy atom. The Labute approximate surface area is 204 Å². The molecular formula is C24H38IN5O. The molecule has 0 atom stereocenters. The third kappa shape index (κ3) is 6.44. The molecule has 0 aliphatic carbocycles. The van der Waals surface area contributed by atoms with Crippen molar-refractivity contribution in [1.82, 2.24) is 20.0 Å². The Kier molecular flexibility index (Phi) is 9.81. The molecule has 1 fully saturated rings. The molecule has 1 saturated heterocycles. The molecule has 1 N–H and O–H groups in total. The summed E-state index contributed by atoms with van der Waals surface area (Å²) >= 11 is 0. The predicted octanol–water partition coefficient (Wildman–Crippen LogP) is 4.31. The number of guanidine groups is 1. The summed E-state index contributed by atoms with van der Waals surface area (Å²) in [5.74, 6) is 1.34. The van der Waals surface area contributed by atoms with E-state index in [0.29, 0.717) is 5.92 Å². The molecule has 0 unspecified atom stereocenters. The van der Waals surface area contributed by atoms with Crippen molar-refractivity contribution < 1.29 is 4.74 Å². The molecule has 1 aromatic heterocycles. The highest BCUT2D eigenvalue weighted by Gasteiger charge is 2.34. The number of nitrogens with one attached hydrogen (secondary N) is 1. The van der Waals surface area contributed by atoms with Crippen molar-refractivity contribution in [2.45, 2.75) is 51.5 Å². The smallest absolute Gasteiger partial charge is 0.193 e. The predicted molar refractivity (Wildman–Crippen MR) is 138 cm³/mol. The molecule has 2 aromatic rings. The van der Waals surface area contributed by atoms with Gasteiger partial charge in [-0.05, 0) is 31.2 Å². The molecule has 1 aliphatic rings. The summed E-state index contributed by atoms with van der Waals surface area (Å²) in [7, 11) is 4.10. The normalized spacial score (nSPS) is 16.1. The number of ether oxygens (including phenoxy) is 1. The third-order valence-corrected chi connectivity index (χ3v) is 5.96. The van der Waals surface area contributed by atoms with E-state index in [1.165, 1.54) is 11.1 Å². The van der Waals surface area contributed by atoms with Crippen molar-refractivity contribution in [1.29, 1.82) is 0 Å². The number of benzene rings is 1. The van der Waals surface area contributed by atoms with Gasteiger partial charge in [-0.1, -0.05) is 44.2 Å². The SMILES string of the molecule is CCNC(=NCC1(c2ccccc2)CCOCC1)N(C)Cc1cn(C)nc1C(C)C.I. The highest BCUT2D eigenvalue weighted by atomic mass is 127. The zero-order valence-electron chi connectivity index (χ0n) is 19.6. The largest absolute Gasteiger partial charge is 0.381 e. The van der Waals surface area contributed by atoms with Gasteiger partial charge in [0.25, 0.3) is 0 Å². The van der Waals surface area contributed by atoms with E-state index in [1.54, 1.807) is 0 Å². The van der Waals surface area contributed by atoms with E-state index in [2.05, 4.69) is 79.7 Å². The van der Waals surface area contributed by atoms with Crippen LogP contribution in [0.4, 0.5) is 0 Å². The van der Waals surface area contributed by atoms with Crippen LogP contribution in [0.1, 0.15) is 56.4 Å². The lowest BCUT2D eigenvalue weighted by molar-refractivity contribution is 0.0530. The van der Waals surface area contributed by atoms with Crippen LogP contribution in [0.25, 0.3) is 0 Å². The number of rotatable bonds is 7. The second-order valence-corrected chi connectivity index (χ2v) is 8.65. The van der Waals surface area contributed by atoms with Crippen molar-refractivity contribution in [2.75, 3.05) is 33.4 Å². The fraction of sp³-hybridized carbons (Fsp3) is 0.583. The van der Waals surface area contributed by atoms with Gasteiger partial charge in [-0.3, -0.25) is 9.67 Å². The fourth-order valence-electron chi connectivity index (χ4n) is 4.28. The zero-order valence-corrected chi connectivity index (χ0v) is 21.9. The van der Waals surface area contributed by atoms with Crippen LogP contribution >= 0.6 is 24.0 Å². The van der Waals surface area contributed by atoms with Gasteiger partial charge in [-0.2, -0.15) is 5.10 Å². The van der Waals surface area contributed by atoms with Crippen LogP contribution in [0.5, 0.6) is 0 Å². The van der Waals surface area contributed by atoms with Crippen LogP contribution in [-0.2, 0) is 23.7 Å². The minimum Gasteiger partial charge on any atom is -0.381 e. The third-order valence-electron chi connectivity index (χ3n) is 5.96. The number of aryl methyl sites for hydroxylation is 1. The van der Waals surface area contributed by atoms with Gasteiger partial charge in [-0.15, -0.1) is 24.0 Å². The maximum absolute atomic E-state index is 5.68. The van der Waals surface area contributed by atoms with Gasteiger partial charge in [0.1, 0.15) is 0 Å². The van der Waals surface area contributed by atoms with Crippen LogP contribution in [0.15, 0.2) is 41.5 Å². The van der Waals surface area contributed by atoms with Gasteiger partial charge in [-0.25, -0.2) is 0 Å². The van der Waals surface area contributed by atoms with E-state index in [9.17, 15) is 0 Å². The summed E-state index contributed by atoms with van der Waals surface area (Å²) in [4.78, 5) is 7.32. The second-order valence-electron chi connectivity index (χ2n) is 8.65. The van der Waals surface area contributed by atoms with Crippen LogP contribution in [0, 0.1) is 0 Å². The van der Waals surface area contributed by atoms with Crippen molar-refractivity contribution >= 4 is 29.9 Å². The molecule has 0 bridgehead atoms. The highest BCUT2D eigenvalue weighted by Crippen LogP contribution is 2.35. The summed E-state index contributed by atoms with van der Waals surface area (Å²) in [6.07, 6.45) is 4.13. The molecule has 0 radical (unpaired) electrons.